The van der Waals surface area contributed by atoms with E-state index in [4.69, 9.17) is 4.74 Å². The van der Waals surface area contributed by atoms with Gasteiger partial charge in [-0.3, -0.25) is 0 Å². The quantitative estimate of drug-likeness (QED) is 0.560. The number of rotatable bonds is 6. The first-order valence-corrected chi connectivity index (χ1v) is 8.48. The monoisotopic (exact) mass is 317 g/mol. The largest absolute Gasteiger partial charge is 0.492 e. The van der Waals surface area contributed by atoms with Gasteiger partial charge in [0.2, 0.25) is 0 Å². The zero-order chi connectivity index (χ0) is 16.8. The van der Waals surface area contributed by atoms with Gasteiger partial charge in [0.25, 0.3) is 0 Å². The average Bonchev–Trinajstić information content (AvgIpc) is 2.65. The van der Waals surface area contributed by atoms with Gasteiger partial charge < -0.3 is 9.64 Å². The Morgan fingerprint density at radius 2 is 1.46 bits per heavy atom. The van der Waals surface area contributed by atoms with E-state index in [0.29, 0.717) is 6.61 Å². The molecule has 122 valence electrons. The van der Waals surface area contributed by atoms with Crippen molar-refractivity contribution in [2.45, 2.75) is 13.8 Å². The van der Waals surface area contributed by atoms with E-state index in [2.05, 4.69) is 72.5 Å². The number of para-hydroxylation sites is 2. The van der Waals surface area contributed by atoms with Gasteiger partial charge in [0.05, 0.1) is 12.3 Å². The second-order valence-corrected chi connectivity index (χ2v) is 5.56. The van der Waals surface area contributed by atoms with Crippen molar-refractivity contribution < 1.29 is 4.74 Å². The topological polar surface area (TPSA) is 12.5 Å². The van der Waals surface area contributed by atoms with E-state index in [0.717, 1.165) is 18.0 Å². The van der Waals surface area contributed by atoms with Gasteiger partial charge in [-0.15, -0.1) is 0 Å². The maximum atomic E-state index is 5.81. The van der Waals surface area contributed by atoms with Crippen LogP contribution in [-0.2, 0) is 0 Å². The minimum absolute atomic E-state index is 0.665. The Balaban J connectivity index is 2.00. The van der Waals surface area contributed by atoms with Gasteiger partial charge in [-0.2, -0.15) is 0 Å². The highest BCUT2D eigenvalue weighted by Crippen LogP contribution is 2.35. The summed E-state index contributed by atoms with van der Waals surface area (Å²) in [5.41, 5.74) is 4.73. The van der Waals surface area contributed by atoms with Crippen LogP contribution in [0.1, 0.15) is 13.8 Å². The average molecular weight is 317 g/mol. The molecule has 0 heterocycles. The van der Waals surface area contributed by atoms with E-state index in [1.807, 2.05) is 25.1 Å². The molecule has 0 atom stereocenters. The van der Waals surface area contributed by atoms with Crippen LogP contribution in [0.2, 0.25) is 0 Å². The summed E-state index contributed by atoms with van der Waals surface area (Å²) >= 11 is 0. The first kappa shape index (κ1) is 16.1. The molecule has 0 saturated carbocycles. The third kappa shape index (κ3) is 3.43. The van der Waals surface area contributed by atoms with Crippen LogP contribution in [0.5, 0.6) is 5.75 Å². The van der Waals surface area contributed by atoms with Crippen LogP contribution in [0.15, 0.2) is 78.9 Å². The van der Waals surface area contributed by atoms with E-state index in [1.165, 1.54) is 16.8 Å². The van der Waals surface area contributed by atoms with E-state index < -0.39 is 0 Å². The number of hydrogen-bond acceptors (Lipinski definition) is 2. The number of ether oxygens (including phenoxy) is 1. The molecule has 3 rings (SSSR count). The van der Waals surface area contributed by atoms with E-state index in [-0.39, 0.29) is 0 Å². The summed E-state index contributed by atoms with van der Waals surface area (Å²) in [6.07, 6.45) is 0. The van der Waals surface area contributed by atoms with E-state index in [9.17, 15) is 0 Å². The summed E-state index contributed by atoms with van der Waals surface area (Å²) in [4.78, 5) is 2.29. The van der Waals surface area contributed by atoms with Crippen molar-refractivity contribution in [1.82, 2.24) is 0 Å². The highest BCUT2D eigenvalue weighted by Gasteiger charge is 2.13. The van der Waals surface area contributed by atoms with Crippen molar-refractivity contribution in [3.05, 3.63) is 78.9 Å². The van der Waals surface area contributed by atoms with Gasteiger partial charge in [0.1, 0.15) is 5.75 Å². The zero-order valence-electron chi connectivity index (χ0n) is 14.3. The molecular formula is C22H23NO. The predicted octanol–water partition coefficient (Wildman–Crippen LogP) is 5.91. The van der Waals surface area contributed by atoms with Crippen LogP contribution in [-0.4, -0.2) is 13.2 Å². The molecule has 0 radical (unpaired) electrons. The molecule has 0 N–H and O–H groups in total. The molecule has 3 aromatic carbocycles. The SMILES string of the molecule is CCOc1ccccc1N(CC)c1cccc(-c2ccccc2)c1. The van der Waals surface area contributed by atoms with Crippen LogP contribution in [0.25, 0.3) is 11.1 Å². The Bertz CT molecular complexity index is 783. The molecule has 0 aliphatic heterocycles. The predicted molar refractivity (Wildman–Crippen MR) is 102 cm³/mol. The molecule has 0 aliphatic carbocycles. The Morgan fingerprint density at radius 1 is 0.750 bits per heavy atom. The number of benzene rings is 3. The molecular weight excluding hydrogens is 294 g/mol. The van der Waals surface area contributed by atoms with E-state index in [1.54, 1.807) is 0 Å². The summed E-state index contributed by atoms with van der Waals surface area (Å²) in [7, 11) is 0. The fraction of sp³-hybridized carbons (Fsp3) is 0.182. The molecule has 0 unspecified atom stereocenters. The third-order valence-electron chi connectivity index (χ3n) is 4.04. The third-order valence-corrected chi connectivity index (χ3v) is 4.04. The lowest BCUT2D eigenvalue weighted by atomic mass is 10.0. The minimum atomic E-state index is 0.665. The van der Waals surface area contributed by atoms with Crippen LogP contribution in [0.4, 0.5) is 11.4 Å². The van der Waals surface area contributed by atoms with Gasteiger partial charge in [-0.1, -0.05) is 54.6 Å². The summed E-state index contributed by atoms with van der Waals surface area (Å²) in [6.45, 7) is 5.72. The smallest absolute Gasteiger partial charge is 0.142 e. The molecule has 2 nitrogen and oxygen atoms in total. The Hall–Kier alpha value is -2.74. The number of hydrogen-bond donors (Lipinski definition) is 0. The highest BCUT2D eigenvalue weighted by molar-refractivity contribution is 5.74. The zero-order valence-corrected chi connectivity index (χ0v) is 14.3. The minimum Gasteiger partial charge on any atom is -0.492 e. The van der Waals surface area contributed by atoms with Crippen LogP contribution in [0, 0.1) is 0 Å². The molecule has 0 bridgehead atoms. The second kappa shape index (κ2) is 7.69. The number of anilines is 2. The lowest BCUT2D eigenvalue weighted by Crippen LogP contribution is -2.17. The van der Waals surface area contributed by atoms with Crippen LogP contribution < -0.4 is 9.64 Å². The standard InChI is InChI=1S/C22H23NO/c1-3-23(21-15-8-9-16-22(21)24-4-2)20-14-10-13-19(17-20)18-11-6-5-7-12-18/h5-17H,3-4H2,1-2H3. The van der Waals surface area contributed by atoms with Crippen molar-refractivity contribution in [3.8, 4) is 16.9 Å². The fourth-order valence-electron chi connectivity index (χ4n) is 2.93. The van der Waals surface area contributed by atoms with Crippen molar-refractivity contribution in [2.75, 3.05) is 18.1 Å². The molecule has 24 heavy (non-hydrogen) atoms. The lowest BCUT2D eigenvalue weighted by molar-refractivity contribution is 0.341. The summed E-state index contributed by atoms with van der Waals surface area (Å²) in [5, 5.41) is 0. The normalized spacial score (nSPS) is 10.4. The molecule has 0 spiro atoms. The first-order chi connectivity index (χ1) is 11.8. The summed E-state index contributed by atoms with van der Waals surface area (Å²) in [6, 6.07) is 27.4. The summed E-state index contributed by atoms with van der Waals surface area (Å²) in [5.74, 6) is 0.923. The Kier molecular flexibility index (Phi) is 5.17. The summed E-state index contributed by atoms with van der Waals surface area (Å²) < 4.78 is 5.81. The maximum Gasteiger partial charge on any atom is 0.142 e. The van der Waals surface area contributed by atoms with E-state index >= 15 is 0 Å². The second-order valence-electron chi connectivity index (χ2n) is 5.56. The fourth-order valence-corrected chi connectivity index (χ4v) is 2.93. The molecule has 0 aromatic heterocycles. The van der Waals surface area contributed by atoms with Crippen LogP contribution >= 0.6 is 0 Å². The van der Waals surface area contributed by atoms with Crippen molar-refractivity contribution in [3.63, 3.8) is 0 Å². The maximum absolute atomic E-state index is 5.81. The van der Waals surface area contributed by atoms with Gasteiger partial charge >= 0.3 is 0 Å². The van der Waals surface area contributed by atoms with Gasteiger partial charge in [-0.25, -0.2) is 0 Å². The Labute approximate surface area is 144 Å². The molecule has 0 amide bonds. The molecule has 2 heteroatoms. The highest BCUT2D eigenvalue weighted by atomic mass is 16.5. The molecule has 0 fully saturated rings. The van der Waals surface area contributed by atoms with Gasteiger partial charge in [0, 0.05) is 12.2 Å². The number of nitrogens with zero attached hydrogens (tertiary/aromatic N) is 1. The van der Waals surface area contributed by atoms with Crippen LogP contribution in [0.3, 0.4) is 0 Å². The molecule has 3 aromatic rings. The Morgan fingerprint density at radius 3 is 2.21 bits per heavy atom. The lowest BCUT2D eigenvalue weighted by Gasteiger charge is -2.26. The van der Waals surface area contributed by atoms with Gasteiger partial charge in [-0.05, 0) is 49.2 Å². The van der Waals surface area contributed by atoms with Crippen molar-refractivity contribution >= 4 is 11.4 Å². The van der Waals surface area contributed by atoms with Crippen molar-refractivity contribution in [2.24, 2.45) is 0 Å². The first-order valence-electron chi connectivity index (χ1n) is 8.48. The molecule has 0 saturated heterocycles. The molecule has 0 aliphatic rings. The van der Waals surface area contributed by atoms with Gasteiger partial charge in [0.15, 0.2) is 0 Å². The van der Waals surface area contributed by atoms with Crippen molar-refractivity contribution in [1.29, 1.82) is 0 Å².